The minimum Gasteiger partial charge on any atom is -0.384 e. The van der Waals surface area contributed by atoms with Crippen LogP contribution in [0.15, 0.2) is 72.9 Å². The third-order valence-electron chi connectivity index (χ3n) is 3.56. The maximum absolute atomic E-state index is 10.7. The summed E-state index contributed by atoms with van der Waals surface area (Å²) in [5, 5.41) is 10.7. The Morgan fingerprint density at radius 3 is 2.29 bits per heavy atom. The molecular formula is C19H17NO. The molecule has 1 atom stereocenters. The number of aromatic nitrogens is 1. The van der Waals surface area contributed by atoms with Crippen LogP contribution >= 0.6 is 0 Å². The average Bonchev–Trinajstić information content (AvgIpc) is 2.56. The van der Waals surface area contributed by atoms with Gasteiger partial charge in [0.05, 0.1) is 5.69 Å². The van der Waals surface area contributed by atoms with Gasteiger partial charge in [0.2, 0.25) is 0 Å². The predicted molar refractivity (Wildman–Crippen MR) is 84.9 cm³/mol. The van der Waals surface area contributed by atoms with Crippen LogP contribution in [0.4, 0.5) is 0 Å². The molecule has 0 amide bonds. The average molecular weight is 275 g/mol. The summed E-state index contributed by atoms with van der Waals surface area (Å²) < 4.78 is 0. The minimum atomic E-state index is -0.648. The van der Waals surface area contributed by atoms with E-state index in [1.807, 2.05) is 79.9 Å². The van der Waals surface area contributed by atoms with Gasteiger partial charge in [-0.2, -0.15) is 0 Å². The van der Waals surface area contributed by atoms with E-state index in [-0.39, 0.29) is 0 Å². The summed E-state index contributed by atoms with van der Waals surface area (Å²) in [7, 11) is 0. The standard InChI is InChI=1S/C19H17NO/c1-14-11-12-18(20-13-14)16-9-5-6-10-17(16)19(21)15-7-3-2-4-8-15/h2-13,19,21H,1H3. The second-order valence-corrected chi connectivity index (χ2v) is 5.12. The van der Waals surface area contributed by atoms with Crippen LogP contribution in [0.25, 0.3) is 11.3 Å². The molecule has 1 heterocycles. The molecule has 0 radical (unpaired) electrons. The van der Waals surface area contributed by atoms with Gasteiger partial charge < -0.3 is 5.11 Å². The zero-order valence-electron chi connectivity index (χ0n) is 11.9. The van der Waals surface area contributed by atoms with Crippen LogP contribution < -0.4 is 0 Å². The van der Waals surface area contributed by atoms with Crippen LogP contribution in [0.5, 0.6) is 0 Å². The maximum Gasteiger partial charge on any atom is 0.105 e. The van der Waals surface area contributed by atoms with Crippen molar-refractivity contribution in [2.45, 2.75) is 13.0 Å². The van der Waals surface area contributed by atoms with E-state index in [2.05, 4.69) is 4.98 Å². The van der Waals surface area contributed by atoms with Gasteiger partial charge >= 0.3 is 0 Å². The fraction of sp³-hybridized carbons (Fsp3) is 0.105. The lowest BCUT2D eigenvalue weighted by atomic mass is 9.95. The topological polar surface area (TPSA) is 33.1 Å². The van der Waals surface area contributed by atoms with Crippen molar-refractivity contribution in [1.29, 1.82) is 0 Å². The Morgan fingerprint density at radius 2 is 1.57 bits per heavy atom. The Labute approximate surface area is 124 Å². The molecule has 104 valence electrons. The van der Waals surface area contributed by atoms with Gasteiger partial charge in [0.1, 0.15) is 6.10 Å². The van der Waals surface area contributed by atoms with Crippen molar-refractivity contribution in [2.24, 2.45) is 0 Å². The molecule has 1 unspecified atom stereocenters. The summed E-state index contributed by atoms with van der Waals surface area (Å²) in [4.78, 5) is 4.47. The van der Waals surface area contributed by atoms with E-state index in [1.165, 1.54) is 0 Å². The number of aryl methyl sites for hydroxylation is 1. The third-order valence-corrected chi connectivity index (χ3v) is 3.56. The summed E-state index contributed by atoms with van der Waals surface area (Å²) >= 11 is 0. The Bertz CT molecular complexity index is 720. The first-order chi connectivity index (χ1) is 10.3. The number of nitrogens with zero attached hydrogens (tertiary/aromatic N) is 1. The summed E-state index contributed by atoms with van der Waals surface area (Å²) in [6, 6.07) is 21.6. The van der Waals surface area contributed by atoms with Crippen molar-refractivity contribution in [3.05, 3.63) is 89.6 Å². The highest BCUT2D eigenvalue weighted by Gasteiger charge is 2.15. The van der Waals surface area contributed by atoms with E-state index in [0.717, 1.165) is 27.9 Å². The molecule has 1 N–H and O–H groups in total. The second kappa shape index (κ2) is 5.90. The van der Waals surface area contributed by atoms with Gasteiger partial charge in [-0.3, -0.25) is 4.98 Å². The number of hydrogen-bond acceptors (Lipinski definition) is 2. The molecule has 0 fully saturated rings. The highest BCUT2D eigenvalue weighted by molar-refractivity contribution is 5.65. The number of pyridine rings is 1. The summed E-state index contributed by atoms with van der Waals surface area (Å²) in [5.74, 6) is 0. The van der Waals surface area contributed by atoms with Gasteiger partial charge in [-0.15, -0.1) is 0 Å². The fourth-order valence-electron chi connectivity index (χ4n) is 2.41. The monoisotopic (exact) mass is 275 g/mol. The van der Waals surface area contributed by atoms with Crippen molar-refractivity contribution in [3.8, 4) is 11.3 Å². The molecule has 0 spiro atoms. The van der Waals surface area contributed by atoms with E-state index in [0.29, 0.717) is 0 Å². The van der Waals surface area contributed by atoms with Gasteiger partial charge in [0, 0.05) is 11.8 Å². The van der Waals surface area contributed by atoms with Crippen molar-refractivity contribution in [1.82, 2.24) is 4.98 Å². The van der Waals surface area contributed by atoms with Crippen molar-refractivity contribution in [2.75, 3.05) is 0 Å². The Kier molecular flexibility index (Phi) is 3.80. The number of aliphatic hydroxyl groups excluding tert-OH is 1. The number of benzene rings is 2. The van der Waals surface area contributed by atoms with E-state index >= 15 is 0 Å². The molecule has 2 aromatic carbocycles. The summed E-state index contributed by atoms with van der Waals surface area (Å²) in [5.41, 5.74) is 4.73. The van der Waals surface area contributed by atoms with E-state index in [9.17, 15) is 5.11 Å². The van der Waals surface area contributed by atoms with Crippen LogP contribution in [0.2, 0.25) is 0 Å². The molecule has 3 rings (SSSR count). The predicted octanol–water partition coefficient (Wildman–Crippen LogP) is 4.14. The first-order valence-corrected chi connectivity index (χ1v) is 7.00. The van der Waals surface area contributed by atoms with Gasteiger partial charge in [0.15, 0.2) is 0 Å². The van der Waals surface area contributed by atoms with Crippen molar-refractivity contribution < 1.29 is 5.11 Å². The molecule has 0 aliphatic rings. The van der Waals surface area contributed by atoms with E-state index in [1.54, 1.807) is 0 Å². The first-order valence-electron chi connectivity index (χ1n) is 7.00. The lowest BCUT2D eigenvalue weighted by molar-refractivity contribution is 0.221. The number of rotatable bonds is 3. The molecule has 21 heavy (non-hydrogen) atoms. The van der Waals surface area contributed by atoms with Crippen LogP contribution in [0.3, 0.4) is 0 Å². The molecule has 2 heteroatoms. The molecule has 1 aromatic heterocycles. The lowest BCUT2D eigenvalue weighted by Gasteiger charge is -2.15. The number of aliphatic hydroxyl groups is 1. The Hall–Kier alpha value is -2.45. The molecule has 2 nitrogen and oxygen atoms in total. The molecule has 0 aliphatic heterocycles. The van der Waals surface area contributed by atoms with Gasteiger partial charge in [-0.25, -0.2) is 0 Å². The van der Waals surface area contributed by atoms with Crippen LogP contribution in [-0.4, -0.2) is 10.1 Å². The van der Waals surface area contributed by atoms with Gasteiger partial charge in [-0.1, -0.05) is 60.7 Å². The summed E-state index contributed by atoms with van der Waals surface area (Å²) in [6.45, 7) is 2.02. The molecular weight excluding hydrogens is 258 g/mol. The quantitative estimate of drug-likeness (QED) is 0.779. The lowest BCUT2D eigenvalue weighted by Crippen LogP contribution is -2.02. The Balaban J connectivity index is 2.06. The number of hydrogen-bond donors (Lipinski definition) is 1. The Morgan fingerprint density at radius 1 is 0.857 bits per heavy atom. The van der Waals surface area contributed by atoms with Crippen molar-refractivity contribution >= 4 is 0 Å². The zero-order chi connectivity index (χ0) is 14.7. The van der Waals surface area contributed by atoms with Crippen LogP contribution in [0, 0.1) is 6.92 Å². The molecule has 0 aliphatic carbocycles. The van der Waals surface area contributed by atoms with Gasteiger partial charge in [0.25, 0.3) is 0 Å². The first kappa shape index (κ1) is 13.5. The normalized spacial score (nSPS) is 12.1. The summed E-state index contributed by atoms with van der Waals surface area (Å²) in [6.07, 6.45) is 1.20. The molecule has 0 saturated heterocycles. The molecule has 0 saturated carbocycles. The van der Waals surface area contributed by atoms with Gasteiger partial charge in [-0.05, 0) is 29.7 Å². The van der Waals surface area contributed by atoms with E-state index < -0.39 is 6.10 Å². The third kappa shape index (κ3) is 2.86. The smallest absolute Gasteiger partial charge is 0.105 e. The van der Waals surface area contributed by atoms with Crippen LogP contribution in [-0.2, 0) is 0 Å². The largest absolute Gasteiger partial charge is 0.384 e. The fourth-order valence-corrected chi connectivity index (χ4v) is 2.41. The van der Waals surface area contributed by atoms with E-state index in [4.69, 9.17) is 0 Å². The van der Waals surface area contributed by atoms with Crippen LogP contribution in [0.1, 0.15) is 22.8 Å². The molecule has 3 aromatic rings. The zero-order valence-corrected chi connectivity index (χ0v) is 11.9. The second-order valence-electron chi connectivity index (χ2n) is 5.12. The SMILES string of the molecule is Cc1ccc(-c2ccccc2C(O)c2ccccc2)nc1. The highest BCUT2D eigenvalue weighted by atomic mass is 16.3. The molecule has 0 bridgehead atoms. The minimum absolute atomic E-state index is 0.648. The highest BCUT2D eigenvalue weighted by Crippen LogP contribution is 2.30. The van der Waals surface area contributed by atoms with Crippen molar-refractivity contribution in [3.63, 3.8) is 0 Å². The maximum atomic E-state index is 10.7.